The number of methoxy groups -OCH3 is 1. The van der Waals surface area contributed by atoms with E-state index < -0.39 is 0 Å². The molecule has 0 bridgehead atoms. The minimum absolute atomic E-state index is 0.128. The predicted octanol–water partition coefficient (Wildman–Crippen LogP) is 6.16. The number of H-pyrrole nitrogens is 1. The minimum atomic E-state index is -0.225. The van der Waals surface area contributed by atoms with Gasteiger partial charge in [-0.15, -0.1) is 0 Å². The van der Waals surface area contributed by atoms with Crippen molar-refractivity contribution in [3.63, 3.8) is 0 Å². The number of carbonyl (C=O) groups is 1. The molecule has 0 fully saturated rings. The Labute approximate surface area is 192 Å². The number of aromatic amines is 1. The zero-order chi connectivity index (χ0) is 22.4. The molecule has 33 heavy (non-hydrogen) atoms. The minimum Gasteiger partial charge on any atom is -0.497 e. The molecule has 6 rings (SSSR count). The third-order valence-electron chi connectivity index (χ3n) is 6.83. The summed E-state index contributed by atoms with van der Waals surface area (Å²) in [4.78, 5) is 17.1. The second-order valence-corrected chi connectivity index (χ2v) is 8.73. The summed E-state index contributed by atoms with van der Waals surface area (Å²) in [5.74, 6) is 1.13. The number of aromatic nitrogens is 1. The molecule has 2 heterocycles. The van der Waals surface area contributed by atoms with Crippen molar-refractivity contribution >= 4 is 28.1 Å². The van der Waals surface area contributed by atoms with Gasteiger partial charge < -0.3 is 20.4 Å². The van der Waals surface area contributed by atoms with Gasteiger partial charge in [-0.1, -0.05) is 42.5 Å². The van der Waals surface area contributed by atoms with E-state index in [4.69, 9.17) is 4.74 Å². The molecule has 2 unspecified atom stereocenters. The van der Waals surface area contributed by atoms with E-state index in [2.05, 4.69) is 52.0 Å². The van der Waals surface area contributed by atoms with E-state index in [1.54, 1.807) is 7.11 Å². The van der Waals surface area contributed by atoms with E-state index in [1.807, 2.05) is 42.6 Å². The molecule has 1 aliphatic heterocycles. The summed E-state index contributed by atoms with van der Waals surface area (Å²) in [6, 6.07) is 24.3. The fraction of sp³-hybridized carbons (Fsp3) is 0.179. The molecule has 0 saturated carbocycles. The molecule has 1 aromatic heterocycles. The van der Waals surface area contributed by atoms with Crippen LogP contribution in [0.15, 0.2) is 90.3 Å². The summed E-state index contributed by atoms with van der Waals surface area (Å²) >= 11 is 0. The fourth-order valence-corrected chi connectivity index (χ4v) is 5.17. The first-order valence-electron chi connectivity index (χ1n) is 11.3. The Morgan fingerprint density at radius 3 is 2.45 bits per heavy atom. The van der Waals surface area contributed by atoms with Crippen molar-refractivity contribution in [1.82, 2.24) is 4.98 Å². The van der Waals surface area contributed by atoms with Crippen LogP contribution in [0.2, 0.25) is 0 Å². The quantitative estimate of drug-likeness (QED) is 0.361. The number of allylic oxidation sites excluding steroid dienone is 1. The number of hydrogen-bond donors (Lipinski definition) is 3. The number of hydrogen-bond acceptors (Lipinski definition) is 4. The smallest absolute Gasteiger partial charge is 0.163 e. The van der Waals surface area contributed by atoms with Crippen molar-refractivity contribution in [3.8, 4) is 5.75 Å². The fourth-order valence-electron chi connectivity index (χ4n) is 5.17. The Balaban J connectivity index is 1.47. The van der Waals surface area contributed by atoms with Crippen LogP contribution in [0, 0.1) is 0 Å². The van der Waals surface area contributed by atoms with Gasteiger partial charge in [0, 0.05) is 40.4 Å². The van der Waals surface area contributed by atoms with Crippen molar-refractivity contribution < 1.29 is 9.53 Å². The van der Waals surface area contributed by atoms with Crippen molar-refractivity contribution in [2.75, 3.05) is 17.7 Å². The molecular formula is C28H25N3O2. The van der Waals surface area contributed by atoms with Crippen LogP contribution in [0.4, 0.5) is 11.4 Å². The van der Waals surface area contributed by atoms with Crippen molar-refractivity contribution in [2.45, 2.75) is 24.8 Å². The number of anilines is 2. The van der Waals surface area contributed by atoms with Gasteiger partial charge in [0.05, 0.1) is 24.5 Å². The number of ether oxygens (including phenoxy) is 1. The second kappa shape index (κ2) is 7.85. The maximum Gasteiger partial charge on any atom is 0.163 e. The highest BCUT2D eigenvalue weighted by molar-refractivity contribution is 6.02. The summed E-state index contributed by atoms with van der Waals surface area (Å²) in [7, 11) is 1.67. The van der Waals surface area contributed by atoms with Crippen molar-refractivity contribution in [2.24, 2.45) is 0 Å². The van der Waals surface area contributed by atoms with E-state index in [0.29, 0.717) is 6.42 Å². The third kappa shape index (κ3) is 3.37. The van der Waals surface area contributed by atoms with Gasteiger partial charge in [0.1, 0.15) is 5.75 Å². The molecule has 3 aromatic carbocycles. The first-order valence-corrected chi connectivity index (χ1v) is 11.3. The van der Waals surface area contributed by atoms with Gasteiger partial charge in [-0.2, -0.15) is 0 Å². The van der Waals surface area contributed by atoms with E-state index in [1.165, 1.54) is 0 Å². The molecular weight excluding hydrogens is 410 g/mol. The van der Waals surface area contributed by atoms with Crippen LogP contribution in [0.3, 0.4) is 0 Å². The van der Waals surface area contributed by atoms with Crippen LogP contribution in [0.1, 0.15) is 35.9 Å². The number of nitrogens with one attached hydrogen (secondary N) is 3. The number of ketones is 1. The highest BCUT2D eigenvalue weighted by Crippen LogP contribution is 2.45. The molecule has 0 spiro atoms. The lowest BCUT2D eigenvalue weighted by atomic mass is 9.78. The van der Waals surface area contributed by atoms with Crippen LogP contribution >= 0.6 is 0 Å². The predicted molar refractivity (Wildman–Crippen MR) is 132 cm³/mol. The van der Waals surface area contributed by atoms with Crippen LogP contribution in [0.5, 0.6) is 5.75 Å². The number of para-hydroxylation sites is 3. The summed E-state index contributed by atoms with van der Waals surface area (Å²) in [6.07, 6.45) is 3.30. The van der Waals surface area contributed by atoms with E-state index in [0.717, 1.165) is 56.8 Å². The number of Topliss-reactive ketones (excluding diaryl/α,β-unsaturated/α-hetero) is 1. The molecule has 3 N–H and O–H groups in total. The van der Waals surface area contributed by atoms with Gasteiger partial charge in [0.2, 0.25) is 0 Å². The summed E-state index contributed by atoms with van der Waals surface area (Å²) < 4.78 is 5.31. The van der Waals surface area contributed by atoms with E-state index >= 15 is 0 Å². The normalized spacial score (nSPS) is 19.8. The number of carbonyl (C=O) groups excluding carboxylic acids is 1. The lowest BCUT2D eigenvalue weighted by Gasteiger charge is -2.29. The maximum absolute atomic E-state index is 13.7. The molecule has 0 saturated heterocycles. The third-order valence-corrected chi connectivity index (χ3v) is 6.83. The van der Waals surface area contributed by atoms with Gasteiger partial charge in [-0.05, 0) is 48.2 Å². The number of rotatable bonds is 3. The average Bonchev–Trinajstić information content (AvgIpc) is 3.20. The zero-order valence-electron chi connectivity index (χ0n) is 18.4. The number of fused-ring (bicyclic) bond motifs is 2. The van der Waals surface area contributed by atoms with E-state index in [9.17, 15) is 4.79 Å². The van der Waals surface area contributed by atoms with E-state index in [-0.39, 0.29) is 17.7 Å². The topological polar surface area (TPSA) is 66.2 Å². The van der Waals surface area contributed by atoms with Gasteiger partial charge in [0.15, 0.2) is 5.78 Å². The molecule has 4 aromatic rings. The molecule has 164 valence electrons. The molecule has 5 nitrogen and oxygen atoms in total. The van der Waals surface area contributed by atoms with Crippen LogP contribution < -0.4 is 15.4 Å². The standard InChI is InChI=1S/C28H25N3O2/c1-33-19-12-10-17(11-13-19)18-14-25-27(26(32)15-18)28(31-24-9-5-4-8-23(24)30-25)21-16-29-22-7-3-2-6-20(21)22/h2-13,16,18,28-31H,14-15H2,1H3. The zero-order valence-corrected chi connectivity index (χ0v) is 18.4. The lowest BCUT2D eigenvalue weighted by Crippen LogP contribution is -2.26. The maximum atomic E-state index is 13.7. The Bertz CT molecular complexity index is 1380. The molecule has 2 aliphatic rings. The largest absolute Gasteiger partial charge is 0.497 e. The average molecular weight is 436 g/mol. The van der Waals surface area contributed by atoms with Crippen LogP contribution in [-0.2, 0) is 4.79 Å². The Hall–Kier alpha value is -3.99. The molecule has 0 radical (unpaired) electrons. The van der Waals surface area contributed by atoms with Gasteiger partial charge in [-0.25, -0.2) is 0 Å². The summed E-state index contributed by atoms with van der Waals surface area (Å²) in [5, 5.41) is 8.42. The van der Waals surface area contributed by atoms with Crippen molar-refractivity contribution in [1.29, 1.82) is 0 Å². The first kappa shape index (κ1) is 19.7. The lowest BCUT2D eigenvalue weighted by molar-refractivity contribution is -0.116. The highest BCUT2D eigenvalue weighted by Gasteiger charge is 2.36. The Kier molecular flexibility index (Phi) is 4.68. The number of benzene rings is 3. The molecule has 2 atom stereocenters. The summed E-state index contributed by atoms with van der Waals surface area (Å²) in [6.45, 7) is 0. The SMILES string of the molecule is COc1ccc(C2CC(=O)C3=C(C2)Nc2ccccc2NC3c2c[nH]c3ccccc23)cc1. The molecule has 1 aliphatic carbocycles. The monoisotopic (exact) mass is 435 g/mol. The Morgan fingerprint density at radius 1 is 0.879 bits per heavy atom. The molecule has 5 heteroatoms. The van der Waals surface area contributed by atoms with Crippen molar-refractivity contribution in [3.05, 3.63) is 101 Å². The second-order valence-electron chi connectivity index (χ2n) is 8.73. The molecule has 0 amide bonds. The van der Waals surface area contributed by atoms with Crippen LogP contribution in [0.25, 0.3) is 10.9 Å². The Morgan fingerprint density at radius 2 is 1.64 bits per heavy atom. The van der Waals surface area contributed by atoms with Crippen LogP contribution in [-0.4, -0.2) is 17.9 Å². The van der Waals surface area contributed by atoms with Gasteiger partial charge in [-0.3, -0.25) is 4.79 Å². The first-order chi connectivity index (χ1) is 16.2. The summed E-state index contributed by atoms with van der Waals surface area (Å²) in [5.41, 5.74) is 7.15. The highest BCUT2D eigenvalue weighted by atomic mass is 16.5. The van der Waals surface area contributed by atoms with Gasteiger partial charge >= 0.3 is 0 Å². The van der Waals surface area contributed by atoms with Gasteiger partial charge in [0.25, 0.3) is 0 Å².